The Labute approximate surface area is 103 Å². The van der Waals surface area contributed by atoms with Crippen molar-refractivity contribution in [3.63, 3.8) is 0 Å². The van der Waals surface area contributed by atoms with Crippen LogP contribution in [0.3, 0.4) is 0 Å². The molecule has 0 radical (unpaired) electrons. The maximum absolute atomic E-state index is 11.2. The summed E-state index contributed by atoms with van der Waals surface area (Å²) in [6.45, 7) is 5.10. The largest absolute Gasteiger partial charge is 0.481 e. The van der Waals surface area contributed by atoms with E-state index in [0.29, 0.717) is 6.42 Å². The van der Waals surface area contributed by atoms with Crippen LogP contribution >= 0.6 is 0 Å². The Morgan fingerprint density at radius 1 is 1.47 bits per heavy atom. The summed E-state index contributed by atoms with van der Waals surface area (Å²) in [6, 6.07) is 0. The van der Waals surface area contributed by atoms with Crippen LogP contribution in [-0.4, -0.2) is 20.6 Å². The van der Waals surface area contributed by atoms with Gasteiger partial charge in [-0.2, -0.15) is 0 Å². The fourth-order valence-corrected chi connectivity index (χ4v) is 1.96. The zero-order chi connectivity index (χ0) is 12.7. The lowest BCUT2D eigenvalue weighted by molar-refractivity contribution is -0.142. The first-order valence-electron chi connectivity index (χ1n) is 6.41. The van der Waals surface area contributed by atoms with Crippen LogP contribution in [-0.2, 0) is 17.8 Å². The summed E-state index contributed by atoms with van der Waals surface area (Å²) in [5.41, 5.74) is 0. The Bertz CT molecular complexity index is 347. The molecule has 1 heterocycles. The highest BCUT2D eigenvalue weighted by atomic mass is 16.4. The van der Waals surface area contributed by atoms with Crippen molar-refractivity contribution in [1.29, 1.82) is 0 Å². The van der Waals surface area contributed by atoms with Crippen molar-refractivity contribution < 1.29 is 9.90 Å². The second kappa shape index (κ2) is 7.09. The van der Waals surface area contributed by atoms with Gasteiger partial charge in [-0.15, -0.1) is 0 Å². The topological polar surface area (TPSA) is 55.1 Å². The molecule has 1 rings (SSSR count). The van der Waals surface area contributed by atoms with E-state index in [9.17, 15) is 9.90 Å². The normalized spacial score (nSPS) is 12.6. The average Bonchev–Trinajstić information content (AvgIpc) is 2.72. The van der Waals surface area contributed by atoms with Crippen molar-refractivity contribution in [3.05, 3.63) is 18.2 Å². The lowest BCUT2D eigenvalue weighted by atomic mass is 9.98. The van der Waals surface area contributed by atoms with E-state index in [0.717, 1.165) is 38.1 Å². The third kappa shape index (κ3) is 4.21. The smallest absolute Gasteiger partial charge is 0.306 e. The van der Waals surface area contributed by atoms with Crippen molar-refractivity contribution >= 4 is 5.97 Å². The molecule has 4 nitrogen and oxygen atoms in total. The molecule has 0 saturated heterocycles. The summed E-state index contributed by atoms with van der Waals surface area (Å²) in [5, 5.41) is 9.18. The molecule has 0 aliphatic rings. The van der Waals surface area contributed by atoms with Crippen molar-refractivity contribution in [2.24, 2.45) is 5.92 Å². The minimum atomic E-state index is -0.704. The SMILES string of the molecule is CCCCC(Cc1nccn1CCC)C(=O)O. The molecule has 1 aromatic heterocycles. The van der Waals surface area contributed by atoms with E-state index in [1.54, 1.807) is 6.20 Å². The maximum atomic E-state index is 11.2. The molecule has 0 bridgehead atoms. The fourth-order valence-electron chi connectivity index (χ4n) is 1.96. The van der Waals surface area contributed by atoms with E-state index < -0.39 is 5.97 Å². The van der Waals surface area contributed by atoms with Crippen molar-refractivity contribution in [3.8, 4) is 0 Å². The number of carboxylic acids is 1. The molecule has 0 aromatic carbocycles. The van der Waals surface area contributed by atoms with Gasteiger partial charge in [-0.1, -0.05) is 26.7 Å². The molecule has 96 valence electrons. The van der Waals surface area contributed by atoms with Gasteiger partial charge in [0.1, 0.15) is 5.82 Å². The molecule has 0 aliphatic carbocycles. The van der Waals surface area contributed by atoms with Crippen LogP contribution in [0, 0.1) is 5.92 Å². The maximum Gasteiger partial charge on any atom is 0.306 e. The van der Waals surface area contributed by atoms with Gasteiger partial charge >= 0.3 is 5.97 Å². The number of unbranched alkanes of at least 4 members (excludes halogenated alkanes) is 1. The predicted molar refractivity (Wildman–Crippen MR) is 66.9 cm³/mol. The van der Waals surface area contributed by atoms with Crippen LogP contribution in [0.15, 0.2) is 12.4 Å². The highest BCUT2D eigenvalue weighted by molar-refractivity contribution is 5.70. The summed E-state index contributed by atoms with van der Waals surface area (Å²) < 4.78 is 2.06. The van der Waals surface area contributed by atoms with E-state index in [1.165, 1.54) is 0 Å². The van der Waals surface area contributed by atoms with Gasteiger partial charge in [0.15, 0.2) is 0 Å². The average molecular weight is 238 g/mol. The van der Waals surface area contributed by atoms with Crippen LogP contribution in [0.25, 0.3) is 0 Å². The molecule has 0 amide bonds. The number of hydrogen-bond donors (Lipinski definition) is 1. The summed E-state index contributed by atoms with van der Waals surface area (Å²) in [6.07, 6.45) is 8.00. The minimum absolute atomic E-state index is 0.298. The third-order valence-electron chi connectivity index (χ3n) is 2.95. The van der Waals surface area contributed by atoms with Crippen LogP contribution < -0.4 is 0 Å². The van der Waals surface area contributed by atoms with Gasteiger partial charge in [-0.3, -0.25) is 4.79 Å². The van der Waals surface area contributed by atoms with Crippen LogP contribution in [0.2, 0.25) is 0 Å². The molecule has 17 heavy (non-hydrogen) atoms. The second-order valence-electron chi connectivity index (χ2n) is 4.42. The van der Waals surface area contributed by atoms with Gasteiger partial charge in [-0.05, 0) is 12.8 Å². The van der Waals surface area contributed by atoms with Gasteiger partial charge in [0, 0.05) is 25.4 Å². The molecular formula is C13H22N2O2. The van der Waals surface area contributed by atoms with Gasteiger partial charge in [0.05, 0.1) is 5.92 Å². The Morgan fingerprint density at radius 2 is 2.24 bits per heavy atom. The van der Waals surface area contributed by atoms with E-state index in [2.05, 4.69) is 23.4 Å². The van der Waals surface area contributed by atoms with Gasteiger partial charge in [-0.25, -0.2) is 4.98 Å². The van der Waals surface area contributed by atoms with Crippen molar-refractivity contribution in [2.45, 2.75) is 52.5 Å². The van der Waals surface area contributed by atoms with E-state index >= 15 is 0 Å². The molecule has 0 fully saturated rings. The number of aliphatic carboxylic acids is 1. The third-order valence-corrected chi connectivity index (χ3v) is 2.95. The second-order valence-corrected chi connectivity index (χ2v) is 4.42. The Morgan fingerprint density at radius 3 is 2.82 bits per heavy atom. The number of aryl methyl sites for hydroxylation is 1. The van der Waals surface area contributed by atoms with Crippen molar-refractivity contribution in [1.82, 2.24) is 9.55 Å². The van der Waals surface area contributed by atoms with Gasteiger partial charge in [0.25, 0.3) is 0 Å². The van der Waals surface area contributed by atoms with Gasteiger partial charge < -0.3 is 9.67 Å². The lowest BCUT2D eigenvalue weighted by Crippen LogP contribution is -2.19. The van der Waals surface area contributed by atoms with E-state index in [4.69, 9.17) is 0 Å². The van der Waals surface area contributed by atoms with Crippen LogP contribution in [0.4, 0.5) is 0 Å². The highest BCUT2D eigenvalue weighted by Crippen LogP contribution is 2.15. The fraction of sp³-hybridized carbons (Fsp3) is 0.692. The zero-order valence-electron chi connectivity index (χ0n) is 10.7. The first-order chi connectivity index (χ1) is 8.19. The number of rotatable bonds is 8. The van der Waals surface area contributed by atoms with E-state index in [-0.39, 0.29) is 5.92 Å². The molecule has 0 saturated carbocycles. The molecule has 1 aromatic rings. The number of hydrogen-bond acceptors (Lipinski definition) is 2. The zero-order valence-corrected chi connectivity index (χ0v) is 10.7. The highest BCUT2D eigenvalue weighted by Gasteiger charge is 2.19. The summed E-state index contributed by atoms with van der Waals surface area (Å²) >= 11 is 0. The molecular weight excluding hydrogens is 216 g/mol. The monoisotopic (exact) mass is 238 g/mol. The van der Waals surface area contributed by atoms with Crippen LogP contribution in [0.5, 0.6) is 0 Å². The Kier molecular flexibility index (Phi) is 5.73. The van der Waals surface area contributed by atoms with Crippen LogP contribution in [0.1, 0.15) is 45.4 Å². The summed E-state index contributed by atoms with van der Waals surface area (Å²) in [4.78, 5) is 15.4. The molecule has 4 heteroatoms. The quantitative estimate of drug-likeness (QED) is 0.757. The number of carboxylic acid groups (broad SMARTS) is 1. The number of aromatic nitrogens is 2. The first kappa shape index (κ1) is 13.7. The molecule has 1 N–H and O–H groups in total. The summed E-state index contributed by atoms with van der Waals surface area (Å²) in [7, 11) is 0. The standard InChI is InChI=1S/C13H22N2O2/c1-3-5-6-11(13(16)17)10-12-14-7-9-15(12)8-4-2/h7,9,11H,3-6,8,10H2,1-2H3,(H,16,17). The van der Waals surface area contributed by atoms with Crippen molar-refractivity contribution in [2.75, 3.05) is 0 Å². The number of carbonyl (C=O) groups is 1. The number of imidazole rings is 1. The van der Waals surface area contributed by atoms with E-state index in [1.807, 2.05) is 6.20 Å². The predicted octanol–water partition coefficient (Wildman–Crippen LogP) is 2.73. The molecule has 0 aliphatic heterocycles. The van der Waals surface area contributed by atoms with Gasteiger partial charge in [0.2, 0.25) is 0 Å². The molecule has 1 atom stereocenters. The summed E-state index contributed by atoms with van der Waals surface area (Å²) in [5.74, 6) is -0.104. The minimum Gasteiger partial charge on any atom is -0.481 e. The Balaban J connectivity index is 2.64. The lowest BCUT2D eigenvalue weighted by Gasteiger charge is -2.12. The molecule has 0 spiro atoms. The molecule has 1 unspecified atom stereocenters. The Hall–Kier alpha value is -1.32. The number of nitrogens with zero attached hydrogens (tertiary/aromatic N) is 2. The first-order valence-corrected chi connectivity index (χ1v) is 6.41.